The second kappa shape index (κ2) is 8.82. The lowest BCUT2D eigenvalue weighted by Gasteiger charge is -2.29. The van der Waals surface area contributed by atoms with Gasteiger partial charge in [0.2, 0.25) is 5.91 Å². The molecule has 1 aliphatic rings. The SMILES string of the molecule is Cc1ccccc1C(CNC(=O)CCc1ccccc1)N1CCCC1. The van der Waals surface area contributed by atoms with Gasteiger partial charge in [-0.2, -0.15) is 0 Å². The van der Waals surface area contributed by atoms with Gasteiger partial charge in [0.25, 0.3) is 0 Å². The van der Waals surface area contributed by atoms with Crippen molar-refractivity contribution in [2.45, 2.75) is 38.6 Å². The quantitative estimate of drug-likeness (QED) is 0.832. The first kappa shape index (κ1) is 17.7. The maximum Gasteiger partial charge on any atom is 0.220 e. The first-order valence-corrected chi connectivity index (χ1v) is 9.34. The predicted octanol–water partition coefficient (Wildman–Crippen LogP) is 3.88. The van der Waals surface area contributed by atoms with Crippen molar-refractivity contribution in [1.82, 2.24) is 10.2 Å². The molecule has 2 aromatic rings. The van der Waals surface area contributed by atoms with E-state index in [1.165, 1.54) is 29.5 Å². The van der Waals surface area contributed by atoms with Gasteiger partial charge in [-0.1, -0.05) is 54.6 Å². The first-order valence-electron chi connectivity index (χ1n) is 9.34. The number of nitrogens with one attached hydrogen (secondary N) is 1. The summed E-state index contributed by atoms with van der Waals surface area (Å²) in [6.07, 6.45) is 3.85. The summed E-state index contributed by atoms with van der Waals surface area (Å²) in [6.45, 7) is 5.10. The number of hydrogen-bond acceptors (Lipinski definition) is 2. The van der Waals surface area contributed by atoms with Crippen LogP contribution in [-0.2, 0) is 11.2 Å². The number of likely N-dealkylation sites (tertiary alicyclic amines) is 1. The second-order valence-corrected chi connectivity index (χ2v) is 6.91. The fourth-order valence-corrected chi connectivity index (χ4v) is 3.65. The third-order valence-electron chi connectivity index (χ3n) is 5.11. The van der Waals surface area contributed by atoms with Crippen LogP contribution in [0, 0.1) is 6.92 Å². The summed E-state index contributed by atoms with van der Waals surface area (Å²) in [6, 6.07) is 19.0. The predicted molar refractivity (Wildman–Crippen MR) is 102 cm³/mol. The van der Waals surface area contributed by atoms with Crippen LogP contribution in [0.2, 0.25) is 0 Å². The summed E-state index contributed by atoms with van der Waals surface area (Å²) in [5, 5.41) is 3.17. The number of rotatable bonds is 7. The largest absolute Gasteiger partial charge is 0.354 e. The summed E-state index contributed by atoms with van der Waals surface area (Å²) < 4.78 is 0. The van der Waals surface area contributed by atoms with Gasteiger partial charge in [0.1, 0.15) is 0 Å². The summed E-state index contributed by atoms with van der Waals surface area (Å²) in [5.41, 5.74) is 3.86. The Bertz CT molecular complexity index is 677. The lowest BCUT2D eigenvalue weighted by atomic mass is 10.00. The number of carbonyl (C=O) groups is 1. The molecule has 1 amide bonds. The van der Waals surface area contributed by atoms with Crippen LogP contribution >= 0.6 is 0 Å². The monoisotopic (exact) mass is 336 g/mol. The highest BCUT2D eigenvalue weighted by Gasteiger charge is 2.24. The molecule has 3 rings (SSSR count). The van der Waals surface area contributed by atoms with Gasteiger partial charge in [-0.15, -0.1) is 0 Å². The third kappa shape index (κ3) is 4.93. The molecule has 2 aromatic carbocycles. The van der Waals surface area contributed by atoms with E-state index in [1.807, 2.05) is 18.2 Å². The molecule has 1 N–H and O–H groups in total. The van der Waals surface area contributed by atoms with E-state index in [1.54, 1.807) is 0 Å². The van der Waals surface area contributed by atoms with Gasteiger partial charge in [0.05, 0.1) is 6.04 Å². The van der Waals surface area contributed by atoms with E-state index in [4.69, 9.17) is 0 Å². The smallest absolute Gasteiger partial charge is 0.220 e. The summed E-state index contributed by atoms with van der Waals surface area (Å²) in [4.78, 5) is 14.8. The Morgan fingerprint density at radius 2 is 1.72 bits per heavy atom. The topological polar surface area (TPSA) is 32.3 Å². The fraction of sp³-hybridized carbons (Fsp3) is 0.409. The van der Waals surface area contributed by atoms with Crippen LogP contribution in [0.25, 0.3) is 0 Å². The van der Waals surface area contributed by atoms with Gasteiger partial charge in [-0.3, -0.25) is 9.69 Å². The minimum atomic E-state index is 0.140. The number of carbonyl (C=O) groups excluding carboxylic acids is 1. The van der Waals surface area contributed by atoms with Gasteiger partial charge >= 0.3 is 0 Å². The van der Waals surface area contributed by atoms with Gasteiger partial charge in [-0.05, 0) is 56.0 Å². The molecule has 0 radical (unpaired) electrons. The number of nitrogens with zero attached hydrogens (tertiary/aromatic N) is 1. The average Bonchev–Trinajstić information content (AvgIpc) is 3.17. The van der Waals surface area contributed by atoms with Crippen molar-refractivity contribution in [3.63, 3.8) is 0 Å². The molecule has 0 spiro atoms. The summed E-state index contributed by atoms with van der Waals surface area (Å²) in [7, 11) is 0. The van der Waals surface area contributed by atoms with Crippen LogP contribution in [0.3, 0.4) is 0 Å². The zero-order chi connectivity index (χ0) is 17.5. The molecule has 0 aromatic heterocycles. The maximum atomic E-state index is 12.3. The standard InChI is InChI=1S/C22H28N2O/c1-18-9-5-6-12-20(18)21(24-15-7-8-16-24)17-23-22(25)14-13-19-10-3-2-4-11-19/h2-6,9-12,21H,7-8,13-17H2,1H3,(H,23,25). The molecule has 3 nitrogen and oxygen atoms in total. The summed E-state index contributed by atoms with van der Waals surface area (Å²) in [5.74, 6) is 0.140. The molecular formula is C22H28N2O. The molecule has 1 unspecified atom stereocenters. The van der Waals surface area contributed by atoms with Crippen molar-refractivity contribution in [3.8, 4) is 0 Å². The second-order valence-electron chi connectivity index (χ2n) is 6.91. The van der Waals surface area contributed by atoms with Crippen molar-refractivity contribution in [3.05, 3.63) is 71.3 Å². The minimum absolute atomic E-state index is 0.140. The van der Waals surface area contributed by atoms with Gasteiger partial charge in [-0.25, -0.2) is 0 Å². The zero-order valence-electron chi connectivity index (χ0n) is 15.1. The van der Waals surface area contributed by atoms with Crippen LogP contribution < -0.4 is 5.32 Å². The number of hydrogen-bond donors (Lipinski definition) is 1. The van der Waals surface area contributed by atoms with E-state index < -0.39 is 0 Å². The van der Waals surface area contributed by atoms with Gasteiger partial charge in [0, 0.05) is 13.0 Å². The molecule has 1 heterocycles. The number of amides is 1. The Labute approximate surface area is 151 Å². The van der Waals surface area contributed by atoms with Crippen LogP contribution in [0.5, 0.6) is 0 Å². The Balaban J connectivity index is 1.59. The lowest BCUT2D eigenvalue weighted by Crippen LogP contribution is -2.37. The van der Waals surface area contributed by atoms with E-state index in [0.29, 0.717) is 13.0 Å². The minimum Gasteiger partial charge on any atom is -0.354 e. The Kier molecular flexibility index (Phi) is 6.24. The van der Waals surface area contributed by atoms with Crippen molar-refractivity contribution in [2.24, 2.45) is 0 Å². The van der Waals surface area contributed by atoms with Crippen molar-refractivity contribution < 1.29 is 4.79 Å². The van der Waals surface area contributed by atoms with Crippen molar-refractivity contribution >= 4 is 5.91 Å². The molecule has 132 valence electrons. The first-order chi connectivity index (χ1) is 12.2. The van der Waals surface area contributed by atoms with Crippen molar-refractivity contribution in [2.75, 3.05) is 19.6 Å². The molecule has 0 aliphatic carbocycles. The normalized spacial score (nSPS) is 15.9. The Morgan fingerprint density at radius 3 is 2.44 bits per heavy atom. The van der Waals surface area contributed by atoms with Crippen molar-refractivity contribution in [1.29, 1.82) is 0 Å². The zero-order valence-corrected chi connectivity index (χ0v) is 15.1. The van der Waals surface area contributed by atoms with Gasteiger partial charge in [0.15, 0.2) is 0 Å². The van der Waals surface area contributed by atoms with Crippen LogP contribution in [0.4, 0.5) is 0 Å². The molecule has 0 bridgehead atoms. The Morgan fingerprint density at radius 1 is 1.04 bits per heavy atom. The number of benzene rings is 2. The van der Waals surface area contributed by atoms with E-state index in [-0.39, 0.29) is 11.9 Å². The van der Waals surface area contributed by atoms with Crippen LogP contribution in [0.15, 0.2) is 54.6 Å². The molecule has 1 aliphatic heterocycles. The highest BCUT2D eigenvalue weighted by Crippen LogP contribution is 2.26. The highest BCUT2D eigenvalue weighted by molar-refractivity contribution is 5.76. The molecule has 1 saturated heterocycles. The molecule has 1 atom stereocenters. The number of aryl methyl sites for hydroxylation is 2. The van der Waals surface area contributed by atoms with E-state index in [9.17, 15) is 4.79 Å². The summed E-state index contributed by atoms with van der Waals surface area (Å²) >= 11 is 0. The van der Waals surface area contributed by atoms with E-state index in [0.717, 1.165) is 19.5 Å². The van der Waals surface area contributed by atoms with E-state index in [2.05, 4.69) is 53.5 Å². The van der Waals surface area contributed by atoms with E-state index >= 15 is 0 Å². The Hall–Kier alpha value is -2.13. The highest BCUT2D eigenvalue weighted by atomic mass is 16.1. The molecule has 0 saturated carbocycles. The fourth-order valence-electron chi connectivity index (χ4n) is 3.65. The lowest BCUT2D eigenvalue weighted by molar-refractivity contribution is -0.121. The van der Waals surface area contributed by atoms with Crippen LogP contribution in [0.1, 0.15) is 42.0 Å². The average molecular weight is 336 g/mol. The third-order valence-corrected chi connectivity index (χ3v) is 5.11. The maximum absolute atomic E-state index is 12.3. The molecule has 25 heavy (non-hydrogen) atoms. The molecule has 3 heteroatoms. The molecular weight excluding hydrogens is 308 g/mol. The van der Waals surface area contributed by atoms with Gasteiger partial charge < -0.3 is 5.32 Å². The molecule has 1 fully saturated rings. The van der Waals surface area contributed by atoms with Crippen LogP contribution in [-0.4, -0.2) is 30.4 Å².